The van der Waals surface area contributed by atoms with Crippen molar-refractivity contribution in [2.45, 2.75) is 20.3 Å². The van der Waals surface area contributed by atoms with Crippen LogP contribution in [0.15, 0.2) is 53.1 Å². The molecule has 0 fully saturated rings. The van der Waals surface area contributed by atoms with Crippen LogP contribution in [0, 0.1) is 6.92 Å². The van der Waals surface area contributed by atoms with Crippen molar-refractivity contribution in [3.05, 3.63) is 60.0 Å². The number of amides is 1. The fraction of sp³-hybridized carbons (Fsp3) is 0.300. The van der Waals surface area contributed by atoms with Gasteiger partial charge in [0.05, 0.1) is 11.3 Å². The maximum atomic E-state index is 12.7. The Kier molecular flexibility index (Phi) is 5.86. The number of aromatic nitrogens is 2. The minimum Gasteiger partial charge on any atom is -0.460 e. The van der Waals surface area contributed by atoms with E-state index >= 15 is 0 Å². The molecule has 6 heteroatoms. The van der Waals surface area contributed by atoms with Gasteiger partial charge in [-0.3, -0.25) is 4.79 Å². The van der Waals surface area contributed by atoms with Gasteiger partial charge in [-0.2, -0.15) is 5.10 Å². The Balaban J connectivity index is 1.85. The highest BCUT2D eigenvalue weighted by Crippen LogP contribution is 2.25. The third-order valence-electron chi connectivity index (χ3n) is 3.97. The molecule has 3 aromatic rings. The number of nitrogens with zero attached hydrogens (tertiary/aromatic N) is 2. The summed E-state index contributed by atoms with van der Waals surface area (Å²) < 4.78 is 7.40. The lowest BCUT2D eigenvalue weighted by molar-refractivity contribution is 0.0954. The first kappa shape index (κ1) is 17.9. The normalized spacial score (nSPS) is 10.8. The summed E-state index contributed by atoms with van der Waals surface area (Å²) in [5.41, 5.74) is 1.93. The molecule has 2 heterocycles. The molecule has 3 rings (SSSR count). The maximum Gasteiger partial charge on any atom is 0.255 e. The van der Waals surface area contributed by atoms with Crippen LogP contribution in [-0.4, -0.2) is 35.3 Å². The number of nitrogens with one attached hydrogen (secondary N) is 2. The number of hydrogen-bond acceptors (Lipinski definition) is 4. The Bertz CT molecular complexity index is 852. The van der Waals surface area contributed by atoms with Gasteiger partial charge in [-0.1, -0.05) is 25.1 Å². The monoisotopic (exact) mass is 352 g/mol. The van der Waals surface area contributed by atoms with Crippen molar-refractivity contribution in [3.8, 4) is 17.1 Å². The molecule has 0 atom stereocenters. The highest BCUT2D eigenvalue weighted by Gasteiger charge is 2.20. The quantitative estimate of drug-likeness (QED) is 0.611. The Morgan fingerprint density at radius 1 is 1.12 bits per heavy atom. The van der Waals surface area contributed by atoms with Gasteiger partial charge in [0.1, 0.15) is 11.5 Å². The molecule has 26 heavy (non-hydrogen) atoms. The first-order chi connectivity index (χ1) is 12.7. The topological polar surface area (TPSA) is 72.1 Å². The van der Waals surface area contributed by atoms with Crippen molar-refractivity contribution in [1.29, 1.82) is 0 Å². The fourth-order valence-electron chi connectivity index (χ4n) is 2.66. The number of furan rings is 1. The van der Waals surface area contributed by atoms with Gasteiger partial charge in [-0.15, -0.1) is 0 Å². The van der Waals surface area contributed by atoms with E-state index in [2.05, 4.69) is 22.7 Å². The summed E-state index contributed by atoms with van der Waals surface area (Å²) in [5, 5.41) is 10.8. The van der Waals surface area contributed by atoms with Gasteiger partial charge in [0.2, 0.25) is 0 Å². The number of benzene rings is 1. The third kappa shape index (κ3) is 4.21. The number of carbonyl (C=O) groups is 1. The Morgan fingerprint density at radius 2 is 1.92 bits per heavy atom. The number of para-hydroxylation sites is 1. The second kappa shape index (κ2) is 8.49. The molecule has 0 aliphatic rings. The Hall–Kier alpha value is -2.86. The smallest absolute Gasteiger partial charge is 0.255 e. The SMILES string of the molecule is CCCNCCNC(=O)c1cn(-c2ccccc2)nc1-c1ccc(C)o1. The lowest BCUT2D eigenvalue weighted by Crippen LogP contribution is -2.32. The van der Waals surface area contributed by atoms with Crippen molar-refractivity contribution >= 4 is 5.91 Å². The number of carbonyl (C=O) groups excluding carboxylic acids is 1. The lowest BCUT2D eigenvalue weighted by Gasteiger charge is -2.05. The standard InChI is InChI=1S/C20H24N4O2/c1-3-11-21-12-13-22-20(25)17-14-24(16-7-5-4-6-8-16)23-19(17)18-10-9-15(2)26-18/h4-10,14,21H,3,11-13H2,1-2H3,(H,22,25). The minimum atomic E-state index is -0.158. The van der Waals surface area contributed by atoms with E-state index in [-0.39, 0.29) is 5.91 Å². The van der Waals surface area contributed by atoms with Gasteiger partial charge in [-0.05, 0) is 44.2 Å². The molecule has 0 bridgehead atoms. The molecule has 1 aromatic carbocycles. The summed E-state index contributed by atoms with van der Waals surface area (Å²) in [4.78, 5) is 12.7. The predicted molar refractivity (Wildman–Crippen MR) is 101 cm³/mol. The van der Waals surface area contributed by atoms with Crippen LogP contribution in [0.3, 0.4) is 0 Å². The lowest BCUT2D eigenvalue weighted by atomic mass is 10.2. The van der Waals surface area contributed by atoms with Gasteiger partial charge in [0, 0.05) is 19.3 Å². The first-order valence-electron chi connectivity index (χ1n) is 8.90. The maximum absolute atomic E-state index is 12.7. The highest BCUT2D eigenvalue weighted by molar-refractivity contribution is 5.99. The molecule has 2 aromatic heterocycles. The Labute approximate surface area is 153 Å². The molecule has 0 saturated heterocycles. The third-order valence-corrected chi connectivity index (χ3v) is 3.97. The summed E-state index contributed by atoms with van der Waals surface area (Å²) in [6.45, 7) is 6.23. The van der Waals surface area contributed by atoms with Crippen LogP contribution in [0.2, 0.25) is 0 Å². The van der Waals surface area contributed by atoms with E-state index < -0.39 is 0 Å². The molecular weight excluding hydrogens is 328 g/mol. The molecule has 0 radical (unpaired) electrons. The van der Waals surface area contributed by atoms with E-state index in [1.54, 1.807) is 10.9 Å². The number of aryl methyl sites for hydroxylation is 1. The number of rotatable bonds is 8. The second-order valence-corrected chi connectivity index (χ2v) is 6.09. The zero-order chi connectivity index (χ0) is 18.4. The van der Waals surface area contributed by atoms with Gasteiger partial charge in [0.15, 0.2) is 5.76 Å². The van der Waals surface area contributed by atoms with Crippen LogP contribution >= 0.6 is 0 Å². The largest absolute Gasteiger partial charge is 0.460 e. The van der Waals surface area contributed by atoms with E-state index in [4.69, 9.17) is 4.42 Å². The average Bonchev–Trinajstić information content (AvgIpc) is 3.28. The first-order valence-corrected chi connectivity index (χ1v) is 8.90. The molecule has 1 amide bonds. The summed E-state index contributed by atoms with van der Waals surface area (Å²) in [5.74, 6) is 1.21. The molecule has 136 valence electrons. The summed E-state index contributed by atoms with van der Waals surface area (Å²) in [6, 6.07) is 13.4. The van der Waals surface area contributed by atoms with Crippen molar-refractivity contribution in [1.82, 2.24) is 20.4 Å². The molecule has 0 aliphatic heterocycles. The van der Waals surface area contributed by atoms with Crippen molar-refractivity contribution < 1.29 is 9.21 Å². The fourth-order valence-corrected chi connectivity index (χ4v) is 2.66. The van der Waals surface area contributed by atoms with E-state index in [0.717, 1.165) is 31.0 Å². The molecule has 2 N–H and O–H groups in total. The van der Waals surface area contributed by atoms with Gasteiger partial charge >= 0.3 is 0 Å². The van der Waals surface area contributed by atoms with Crippen LogP contribution < -0.4 is 10.6 Å². The number of hydrogen-bond donors (Lipinski definition) is 2. The molecule has 0 spiro atoms. The highest BCUT2D eigenvalue weighted by atomic mass is 16.3. The van der Waals surface area contributed by atoms with Crippen molar-refractivity contribution in [3.63, 3.8) is 0 Å². The van der Waals surface area contributed by atoms with Crippen molar-refractivity contribution in [2.24, 2.45) is 0 Å². The zero-order valence-electron chi connectivity index (χ0n) is 15.2. The molecule has 0 unspecified atom stereocenters. The second-order valence-electron chi connectivity index (χ2n) is 6.09. The minimum absolute atomic E-state index is 0.158. The van der Waals surface area contributed by atoms with Crippen LogP contribution in [0.1, 0.15) is 29.5 Å². The van der Waals surface area contributed by atoms with E-state index in [0.29, 0.717) is 23.6 Å². The van der Waals surface area contributed by atoms with E-state index in [9.17, 15) is 4.79 Å². The average molecular weight is 352 g/mol. The molecular formula is C20H24N4O2. The van der Waals surface area contributed by atoms with Gasteiger partial charge in [-0.25, -0.2) is 4.68 Å². The van der Waals surface area contributed by atoms with Gasteiger partial charge in [0.25, 0.3) is 5.91 Å². The van der Waals surface area contributed by atoms with Crippen LogP contribution in [-0.2, 0) is 0 Å². The molecule has 0 saturated carbocycles. The van der Waals surface area contributed by atoms with Crippen molar-refractivity contribution in [2.75, 3.05) is 19.6 Å². The van der Waals surface area contributed by atoms with Crippen LogP contribution in [0.25, 0.3) is 17.1 Å². The molecule has 6 nitrogen and oxygen atoms in total. The van der Waals surface area contributed by atoms with Crippen LogP contribution in [0.4, 0.5) is 0 Å². The van der Waals surface area contributed by atoms with Crippen LogP contribution in [0.5, 0.6) is 0 Å². The summed E-state index contributed by atoms with van der Waals surface area (Å²) in [6.07, 6.45) is 2.82. The van der Waals surface area contributed by atoms with E-state index in [1.807, 2.05) is 49.4 Å². The van der Waals surface area contributed by atoms with Gasteiger partial charge < -0.3 is 15.1 Å². The summed E-state index contributed by atoms with van der Waals surface area (Å²) in [7, 11) is 0. The summed E-state index contributed by atoms with van der Waals surface area (Å²) >= 11 is 0. The predicted octanol–water partition coefficient (Wildman–Crippen LogP) is 3.17. The van der Waals surface area contributed by atoms with E-state index in [1.165, 1.54) is 0 Å². The zero-order valence-corrected chi connectivity index (χ0v) is 15.2. The molecule has 0 aliphatic carbocycles. The Morgan fingerprint density at radius 3 is 2.62 bits per heavy atom.